The number of nitrogens with zero attached hydrogens (tertiary/aromatic N) is 4. The molecule has 7 heteroatoms. The Hall–Kier alpha value is -2.15. The van der Waals surface area contributed by atoms with E-state index in [1.807, 2.05) is 37.6 Å². The summed E-state index contributed by atoms with van der Waals surface area (Å²) in [6, 6.07) is 1.97. The minimum Gasteiger partial charge on any atom is -0.345 e. The maximum absolute atomic E-state index is 12.1. The average Bonchev–Trinajstić information content (AvgIpc) is 3.13. The molecule has 1 amide bonds. The predicted molar refractivity (Wildman–Crippen MR) is 81.6 cm³/mol. The van der Waals surface area contributed by atoms with Crippen molar-refractivity contribution in [2.75, 3.05) is 0 Å². The van der Waals surface area contributed by atoms with Gasteiger partial charge < -0.3 is 5.32 Å². The number of carbonyl (C=O) groups excluding carboxylic acids is 1. The lowest BCUT2D eigenvalue weighted by Gasteiger charge is -2.04. The van der Waals surface area contributed by atoms with E-state index in [1.54, 1.807) is 22.1 Å². The topological polar surface area (TPSA) is 64.2 Å². The number of carbonyl (C=O) groups is 1. The van der Waals surface area contributed by atoms with Crippen molar-refractivity contribution in [2.24, 2.45) is 0 Å². The van der Waals surface area contributed by atoms with Crippen LogP contribution in [0.1, 0.15) is 41.8 Å². The van der Waals surface area contributed by atoms with E-state index in [-0.39, 0.29) is 11.9 Å². The van der Waals surface area contributed by atoms with Crippen LogP contribution >= 0.6 is 11.3 Å². The molecule has 0 aromatic carbocycles. The average molecular weight is 303 g/mol. The third-order valence-electron chi connectivity index (χ3n) is 3.24. The van der Waals surface area contributed by atoms with E-state index < -0.39 is 0 Å². The third-order valence-corrected chi connectivity index (χ3v) is 4.20. The third kappa shape index (κ3) is 2.69. The highest BCUT2D eigenvalue weighted by Crippen LogP contribution is 2.15. The van der Waals surface area contributed by atoms with Crippen LogP contribution in [0.5, 0.6) is 0 Å². The summed E-state index contributed by atoms with van der Waals surface area (Å²) in [5, 5.41) is 9.16. The molecule has 0 saturated heterocycles. The number of aromatic nitrogens is 4. The van der Waals surface area contributed by atoms with Crippen LogP contribution in [0.3, 0.4) is 0 Å². The highest BCUT2D eigenvalue weighted by Gasteiger charge is 2.12. The van der Waals surface area contributed by atoms with Crippen LogP contribution in [-0.2, 0) is 6.54 Å². The summed E-state index contributed by atoms with van der Waals surface area (Å²) in [5.41, 5.74) is 2.43. The number of hydrogen-bond acceptors (Lipinski definition) is 4. The molecule has 110 valence electrons. The van der Waals surface area contributed by atoms with E-state index in [1.165, 1.54) is 0 Å². The van der Waals surface area contributed by atoms with Gasteiger partial charge in [0.25, 0.3) is 5.91 Å². The fraction of sp³-hybridized carbons (Fsp3) is 0.357. The van der Waals surface area contributed by atoms with E-state index in [0.29, 0.717) is 12.2 Å². The standard InChI is InChI=1S/C14H17N5OS/c1-9(2)19-5-4-12(17-19)13(20)15-6-11-7-18-10(3)8-21-14(18)16-11/h4-5,7-9H,6H2,1-3H3,(H,15,20). The van der Waals surface area contributed by atoms with E-state index in [2.05, 4.69) is 20.8 Å². The predicted octanol–water partition coefficient (Wildman–Crippen LogP) is 2.41. The SMILES string of the molecule is Cc1csc2nc(CNC(=O)c3ccn(C(C)C)n3)cn12. The van der Waals surface area contributed by atoms with Gasteiger partial charge in [0, 0.05) is 29.5 Å². The number of nitrogens with one attached hydrogen (secondary N) is 1. The van der Waals surface area contributed by atoms with Crippen LogP contribution in [-0.4, -0.2) is 25.1 Å². The van der Waals surface area contributed by atoms with Crippen molar-refractivity contribution in [2.45, 2.75) is 33.4 Å². The molecule has 0 radical (unpaired) electrons. The first-order valence-corrected chi connectivity index (χ1v) is 7.68. The molecule has 0 atom stereocenters. The second-order valence-electron chi connectivity index (χ2n) is 5.22. The Morgan fingerprint density at radius 2 is 2.29 bits per heavy atom. The number of aryl methyl sites for hydroxylation is 1. The summed E-state index contributed by atoms with van der Waals surface area (Å²) in [7, 11) is 0. The molecule has 0 fully saturated rings. The van der Waals surface area contributed by atoms with Gasteiger partial charge in [-0.1, -0.05) is 0 Å². The highest BCUT2D eigenvalue weighted by molar-refractivity contribution is 7.15. The van der Waals surface area contributed by atoms with Crippen LogP contribution in [0.2, 0.25) is 0 Å². The van der Waals surface area contributed by atoms with Crippen LogP contribution in [0.15, 0.2) is 23.8 Å². The van der Waals surface area contributed by atoms with E-state index in [9.17, 15) is 4.79 Å². The molecule has 3 aromatic heterocycles. The van der Waals surface area contributed by atoms with E-state index in [0.717, 1.165) is 16.3 Å². The number of hydrogen-bond donors (Lipinski definition) is 1. The zero-order chi connectivity index (χ0) is 15.0. The fourth-order valence-corrected chi connectivity index (χ4v) is 2.90. The van der Waals surface area contributed by atoms with Gasteiger partial charge in [-0.25, -0.2) is 4.98 Å². The maximum atomic E-state index is 12.1. The number of rotatable bonds is 4. The molecular weight excluding hydrogens is 286 g/mol. The molecule has 0 saturated carbocycles. The first kappa shape index (κ1) is 13.8. The minimum atomic E-state index is -0.178. The molecule has 6 nitrogen and oxygen atoms in total. The summed E-state index contributed by atoms with van der Waals surface area (Å²) in [6.45, 7) is 6.48. The van der Waals surface area contributed by atoms with Gasteiger partial charge in [0.05, 0.1) is 12.2 Å². The first-order valence-electron chi connectivity index (χ1n) is 6.80. The summed E-state index contributed by atoms with van der Waals surface area (Å²) in [5.74, 6) is -0.178. The van der Waals surface area contributed by atoms with Gasteiger partial charge in [0.2, 0.25) is 0 Å². The van der Waals surface area contributed by atoms with Crippen LogP contribution in [0.4, 0.5) is 0 Å². The molecule has 0 aliphatic rings. The Kier molecular flexibility index (Phi) is 3.50. The normalized spacial score (nSPS) is 11.4. The molecule has 0 aliphatic carbocycles. The van der Waals surface area contributed by atoms with Crippen LogP contribution in [0, 0.1) is 6.92 Å². The summed E-state index contributed by atoms with van der Waals surface area (Å²) in [6.07, 6.45) is 3.77. The summed E-state index contributed by atoms with van der Waals surface area (Å²) < 4.78 is 3.80. The molecule has 0 aliphatic heterocycles. The first-order chi connectivity index (χ1) is 10.0. The van der Waals surface area contributed by atoms with Gasteiger partial charge in [-0.2, -0.15) is 5.10 Å². The minimum absolute atomic E-state index is 0.178. The van der Waals surface area contributed by atoms with Crippen molar-refractivity contribution in [1.29, 1.82) is 0 Å². The number of fused-ring (bicyclic) bond motifs is 1. The molecule has 3 rings (SSSR count). The Labute approximate surface area is 126 Å². The lowest BCUT2D eigenvalue weighted by atomic mass is 10.4. The van der Waals surface area contributed by atoms with Crippen molar-refractivity contribution in [3.05, 3.63) is 40.9 Å². The fourth-order valence-electron chi connectivity index (χ4n) is 2.03. The Morgan fingerprint density at radius 1 is 1.48 bits per heavy atom. The largest absolute Gasteiger partial charge is 0.345 e. The van der Waals surface area contributed by atoms with Gasteiger partial charge in [-0.3, -0.25) is 13.9 Å². The molecule has 21 heavy (non-hydrogen) atoms. The zero-order valence-corrected chi connectivity index (χ0v) is 13.0. The second-order valence-corrected chi connectivity index (χ2v) is 6.06. The number of thiazole rings is 1. The summed E-state index contributed by atoms with van der Waals surface area (Å²) in [4.78, 5) is 17.5. The highest BCUT2D eigenvalue weighted by atomic mass is 32.1. The Morgan fingerprint density at radius 3 is 2.95 bits per heavy atom. The maximum Gasteiger partial charge on any atom is 0.272 e. The molecule has 1 N–H and O–H groups in total. The molecule has 0 unspecified atom stereocenters. The van der Waals surface area contributed by atoms with E-state index >= 15 is 0 Å². The lowest BCUT2D eigenvalue weighted by molar-refractivity contribution is 0.0944. The number of imidazole rings is 1. The molecule has 3 aromatic rings. The second kappa shape index (κ2) is 5.33. The van der Waals surface area contributed by atoms with Crippen molar-refractivity contribution in [1.82, 2.24) is 24.5 Å². The Balaban J connectivity index is 1.67. The molecule has 3 heterocycles. The zero-order valence-electron chi connectivity index (χ0n) is 12.2. The van der Waals surface area contributed by atoms with Crippen LogP contribution < -0.4 is 5.32 Å². The summed E-state index contributed by atoms with van der Waals surface area (Å²) >= 11 is 1.60. The van der Waals surface area contributed by atoms with E-state index in [4.69, 9.17) is 0 Å². The van der Waals surface area contributed by atoms with Crippen LogP contribution in [0.25, 0.3) is 4.96 Å². The van der Waals surface area contributed by atoms with Crippen molar-refractivity contribution < 1.29 is 4.79 Å². The van der Waals surface area contributed by atoms with Gasteiger partial charge in [0.15, 0.2) is 4.96 Å². The molecule has 0 spiro atoms. The van der Waals surface area contributed by atoms with Gasteiger partial charge in [-0.15, -0.1) is 11.3 Å². The van der Waals surface area contributed by atoms with Gasteiger partial charge >= 0.3 is 0 Å². The van der Waals surface area contributed by atoms with Crippen molar-refractivity contribution >= 4 is 22.2 Å². The van der Waals surface area contributed by atoms with Gasteiger partial charge in [-0.05, 0) is 26.8 Å². The smallest absolute Gasteiger partial charge is 0.272 e. The quantitative estimate of drug-likeness (QED) is 0.805. The van der Waals surface area contributed by atoms with Crippen molar-refractivity contribution in [3.63, 3.8) is 0 Å². The Bertz CT molecular complexity index is 782. The monoisotopic (exact) mass is 303 g/mol. The van der Waals surface area contributed by atoms with Gasteiger partial charge in [0.1, 0.15) is 5.69 Å². The molecule has 0 bridgehead atoms. The number of amides is 1. The lowest BCUT2D eigenvalue weighted by Crippen LogP contribution is -2.23. The van der Waals surface area contributed by atoms with Crippen molar-refractivity contribution in [3.8, 4) is 0 Å². The molecular formula is C14H17N5OS.